The molecule has 2 fully saturated rings. The molecule has 1 atom stereocenters. The number of sulfonamides is 1. The zero-order valence-electron chi connectivity index (χ0n) is 27.5. The predicted molar refractivity (Wildman–Crippen MR) is 179 cm³/mol. The van der Waals surface area contributed by atoms with Gasteiger partial charge in [0.05, 0.1) is 24.7 Å². The SMILES string of the molecule is COc1cc(C(=O)N[C@H]2CCCN(C3CCCC3)C2)ccc1Nc1ncc(C(F)(F)F)c(NCc2ccc(C)cc2N(C)S(C)(=O)=O)n1. The number of nitrogens with one attached hydrogen (secondary N) is 3. The molecule has 0 unspecified atom stereocenters. The average molecular weight is 690 g/mol. The topological polar surface area (TPSA) is 129 Å². The van der Waals surface area contributed by atoms with E-state index in [1.54, 1.807) is 43.3 Å². The van der Waals surface area contributed by atoms with Gasteiger partial charge in [-0.3, -0.25) is 14.0 Å². The van der Waals surface area contributed by atoms with Crippen LogP contribution in [0.2, 0.25) is 0 Å². The Bertz CT molecular complexity index is 1730. The predicted octanol–water partition coefficient (Wildman–Crippen LogP) is 5.70. The van der Waals surface area contributed by atoms with Crippen LogP contribution in [0.5, 0.6) is 5.75 Å². The van der Waals surface area contributed by atoms with Crippen molar-refractivity contribution in [3.8, 4) is 5.75 Å². The normalized spacial score (nSPS) is 17.6. The van der Waals surface area contributed by atoms with Crippen LogP contribution >= 0.6 is 0 Å². The third kappa shape index (κ3) is 8.48. The first-order valence-corrected chi connectivity index (χ1v) is 17.8. The molecule has 1 saturated heterocycles. The average Bonchev–Trinajstić information content (AvgIpc) is 3.58. The lowest BCUT2D eigenvalue weighted by molar-refractivity contribution is -0.137. The molecule has 1 aliphatic heterocycles. The Hall–Kier alpha value is -4.11. The number of carbonyl (C=O) groups is 1. The number of hydrogen-bond acceptors (Lipinski definition) is 9. The number of likely N-dealkylation sites (tertiary alicyclic amines) is 1. The Morgan fingerprint density at radius 3 is 2.54 bits per heavy atom. The number of aromatic nitrogens is 2. The first-order valence-electron chi connectivity index (χ1n) is 15.9. The second-order valence-electron chi connectivity index (χ2n) is 12.5. The molecule has 2 aromatic carbocycles. The summed E-state index contributed by atoms with van der Waals surface area (Å²) in [6.07, 6.45) is 3.83. The molecule has 1 saturated carbocycles. The number of amides is 1. The lowest BCUT2D eigenvalue weighted by Crippen LogP contribution is -2.50. The number of piperidine rings is 1. The highest BCUT2D eigenvalue weighted by Crippen LogP contribution is 2.36. The molecule has 2 heterocycles. The van der Waals surface area contributed by atoms with Gasteiger partial charge in [-0.05, 0) is 74.5 Å². The van der Waals surface area contributed by atoms with Crippen LogP contribution in [0.15, 0.2) is 42.6 Å². The summed E-state index contributed by atoms with van der Waals surface area (Å²) in [5.41, 5.74) is 1.20. The number of anilines is 4. The molecule has 2 aliphatic rings. The van der Waals surface area contributed by atoms with Gasteiger partial charge in [0, 0.05) is 44.0 Å². The summed E-state index contributed by atoms with van der Waals surface area (Å²) in [6.45, 7) is 3.52. The van der Waals surface area contributed by atoms with E-state index in [1.807, 2.05) is 0 Å². The quantitative estimate of drug-likeness (QED) is 0.232. The molecule has 3 N–H and O–H groups in total. The molecule has 1 amide bonds. The molecule has 3 aromatic rings. The van der Waals surface area contributed by atoms with E-state index in [0.29, 0.717) is 34.7 Å². The van der Waals surface area contributed by atoms with E-state index in [2.05, 4.69) is 30.8 Å². The highest BCUT2D eigenvalue weighted by Gasteiger charge is 2.35. The van der Waals surface area contributed by atoms with Gasteiger partial charge in [0.25, 0.3) is 5.91 Å². The van der Waals surface area contributed by atoms with Crippen molar-refractivity contribution in [3.05, 3.63) is 64.8 Å². The summed E-state index contributed by atoms with van der Waals surface area (Å²) < 4.78 is 72.9. The molecular weight excluding hydrogens is 647 g/mol. The van der Waals surface area contributed by atoms with Crippen LogP contribution in [0, 0.1) is 6.92 Å². The van der Waals surface area contributed by atoms with E-state index in [-0.39, 0.29) is 30.2 Å². The molecule has 260 valence electrons. The number of carbonyl (C=O) groups excluding carboxylic acids is 1. The van der Waals surface area contributed by atoms with Crippen LogP contribution < -0.4 is 25.0 Å². The second-order valence-corrected chi connectivity index (χ2v) is 14.5. The Morgan fingerprint density at radius 1 is 1.10 bits per heavy atom. The zero-order chi connectivity index (χ0) is 34.6. The van der Waals surface area contributed by atoms with Gasteiger partial charge in [0.2, 0.25) is 16.0 Å². The van der Waals surface area contributed by atoms with Crippen molar-refractivity contribution in [1.82, 2.24) is 20.2 Å². The summed E-state index contributed by atoms with van der Waals surface area (Å²) in [6, 6.07) is 10.4. The maximum absolute atomic E-state index is 14.0. The molecule has 5 rings (SSSR count). The van der Waals surface area contributed by atoms with Gasteiger partial charge in [-0.2, -0.15) is 18.2 Å². The fourth-order valence-corrected chi connectivity index (χ4v) is 6.84. The van der Waals surface area contributed by atoms with Gasteiger partial charge < -0.3 is 20.7 Å². The zero-order valence-corrected chi connectivity index (χ0v) is 28.3. The Balaban J connectivity index is 1.32. The van der Waals surface area contributed by atoms with Gasteiger partial charge >= 0.3 is 6.18 Å². The number of halogens is 3. The molecule has 0 radical (unpaired) electrons. The van der Waals surface area contributed by atoms with E-state index in [0.717, 1.165) is 42.1 Å². The van der Waals surface area contributed by atoms with Crippen molar-refractivity contribution in [1.29, 1.82) is 0 Å². The van der Waals surface area contributed by atoms with E-state index in [4.69, 9.17) is 4.74 Å². The third-order valence-electron chi connectivity index (χ3n) is 8.96. The highest BCUT2D eigenvalue weighted by molar-refractivity contribution is 7.92. The fourth-order valence-electron chi connectivity index (χ4n) is 6.31. The Labute approximate surface area is 279 Å². The fraction of sp³-hybridized carbons (Fsp3) is 0.485. The molecular formula is C33H42F3N7O4S. The lowest BCUT2D eigenvalue weighted by atomic mass is 10.0. The number of nitrogens with zero attached hydrogens (tertiary/aromatic N) is 4. The van der Waals surface area contributed by atoms with Crippen molar-refractivity contribution in [2.24, 2.45) is 0 Å². The van der Waals surface area contributed by atoms with Gasteiger partial charge in [0.15, 0.2) is 0 Å². The summed E-state index contributed by atoms with van der Waals surface area (Å²) in [4.78, 5) is 23.7. The summed E-state index contributed by atoms with van der Waals surface area (Å²) >= 11 is 0. The molecule has 11 nitrogen and oxygen atoms in total. The number of ether oxygens (including phenoxy) is 1. The van der Waals surface area contributed by atoms with E-state index in [1.165, 1.54) is 39.8 Å². The minimum Gasteiger partial charge on any atom is -0.495 e. The van der Waals surface area contributed by atoms with Crippen LogP contribution in [0.4, 0.5) is 36.3 Å². The summed E-state index contributed by atoms with van der Waals surface area (Å²) in [5, 5.41) is 8.78. The van der Waals surface area contributed by atoms with Crippen molar-refractivity contribution in [2.45, 2.75) is 70.3 Å². The van der Waals surface area contributed by atoms with Gasteiger partial charge in [0.1, 0.15) is 17.1 Å². The number of benzene rings is 2. The van der Waals surface area contributed by atoms with Crippen LogP contribution in [-0.2, 0) is 22.7 Å². The molecule has 0 bridgehead atoms. The highest BCUT2D eigenvalue weighted by atomic mass is 32.2. The van der Waals surface area contributed by atoms with Crippen molar-refractivity contribution >= 4 is 39.1 Å². The van der Waals surface area contributed by atoms with Crippen molar-refractivity contribution in [3.63, 3.8) is 0 Å². The van der Waals surface area contributed by atoms with Crippen molar-refractivity contribution in [2.75, 3.05) is 48.4 Å². The minimum atomic E-state index is -4.76. The maximum Gasteiger partial charge on any atom is 0.421 e. The molecule has 48 heavy (non-hydrogen) atoms. The molecule has 1 aromatic heterocycles. The maximum atomic E-state index is 14.0. The van der Waals surface area contributed by atoms with E-state index >= 15 is 0 Å². The number of rotatable bonds is 11. The van der Waals surface area contributed by atoms with Crippen LogP contribution in [0.3, 0.4) is 0 Å². The smallest absolute Gasteiger partial charge is 0.421 e. The first-order chi connectivity index (χ1) is 22.7. The van der Waals surface area contributed by atoms with Crippen LogP contribution in [0.1, 0.15) is 65.6 Å². The lowest BCUT2D eigenvalue weighted by Gasteiger charge is -2.37. The number of methoxy groups -OCH3 is 1. The summed E-state index contributed by atoms with van der Waals surface area (Å²) in [5.74, 6) is -0.590. The molecule has 1 aliphatic carbocycles. The standard InChI is InChI=1S/C33H42F3N7O4S/c1-21-11-12-23(28(16-21)42(2)48(4,45)46)18-37-30-26(33(34,35)36)19-38-32(41-30)40-27-14-13-22(17-29(27)47-3)31(44)39-24-8-7-15-43(20-24)25-9-5-6-10-25/h11-14,16-17,19,24-25H,5-10,15,18,20H2,1-4H3,(H,39,44)(H2,37,38,40,41)/t24-/m0/s1. The van der Waals surface area contributed by atoms with Gasteiger partial charge in [-0.15, -0.1) is 0 Å². The van der Waals surface area contributed by atoms with Crippen LogP contribution in [0.25, 0.3) is 0 Å². The Kier molecular flexibility index (Phi) is 10.7. The molecule has 0 spiro atoms. The van der Waals surface area contributed by atoms with Crippen molar-refractivity contribution < 1.29 is 31.1 Å². The summed E-state index contributed by atoms with van der Waals surface area (Å²) in [7, 11) is -0.822. The minimum absolute atomic E-state index is 0.0462. The number of aryl methyl sites for hydroxylation is 1. The van der Waals surface area contributed by atoms with E-state index in [9.17, 15) is 26.4 Å². The van der Waals surface area contributed by atoms with Gasteiger partial charge in [-0.1, -0.05) is 25.0 Å². The second kappa shape index (κ2) is 14.6. The van der Waals surface area contributed by atoms with E-state index < -0.39 is 27.6 Å². The van der Waals surface area contributed by atoms with Crippen LogP contribution in [-0.4, -0.2) is 74.8 Å². The largest absolute Gasteiger partial charge is 0.495 e. The monoisotopic (exact) mass is 689 g/mol. The van der Waals surface area contributed by atoms with Gasteiger partial charge in [-0.25, -0.2) is 13.4 Å². The Morgan fingerprint density at radius 2 is 1.85 bits per heavy atom. The number of alkyl halides is 3. The third-order valence-corrected chi connectivity index (χ3v) is 10.1. The number of hydrogen-bond donors (Lipinski definition) is 3. The molecule has 15 heteroatoms. The first kappa shape index (κ1) is 35.2.